The van der Waals surface area contributed by atoms with E-state index in [4.69, 9.17) is 20.4 Å². The number of nitrogens with one attached hydrogen (secondary N) is 1. The number of carboxylic acid groups (broad SMARTS) is 1. The van der Waals surface area contributed by atoms with Gasteiger partial charge in [-0.2, -0.15) is 13.2 Å². The molecule has 1 aliphatic heterocycles. The number of alkyl halides is 3. The van der Waals surface area contributed by atoms with Gasteiger partial charge in [-0.05, 0) is 49.5 Å². The Morgan fingerprint density at radius 3 is 2.46 bits per heavy atom. The predicted molar refractivity (Wildman–Crippen MR) is 97.3 cm³/mol. The number of nitrogens with zero attached hydrogens (tertiary/aromatic N) is 1. The lowest BCUT2D eigenvalue weighted by Gasteiger charge is -2.29. The number of nitrogens with two attached hydrogens (primary N) is 1. The molecule has 154 valence electrons. The van der Waals surface area contributed by atoms with Crippen molar-refractivity contribution in [3.8, 4) is 5.75 Å². The number of methoxy groups -OCH3 is 1. The molecule has 1 aromatic carbocycles. The zero-order chi connectivity index (χ0) is 20.9. The first-order chi connectivity index (χ1) is 13.1. The topological polar surface area (TPSA) is 109 Å². The van der Waals surface area contributed by atoms with E-state index in [9.17, 15) is 18.0 Å². The number of pyridine rings is 1. The van der Waals surface area contributed by atoms with Crippen LogP contribution in [0.5, 0.6) is 5.75 Å². The molecule has 2 aromatic rings. The number of halogens is 3. The third-order valence-corrected chi connectivity index (χ3v) is 4.40. The van der Waals surface area contributed by atoms with Gasteiger partial charge in [-0.1, -0.05) is 0 Å². The number of likely N-dealkylation sites (tertiary alicyclic amines) is 1. The monoisotopic (exact) mass is 401 g/mol. The van der Waals surface area contributed by atoms with Gasteiger partial charge in [0.05, 0.1) is 12.6 Å². The van der Waals surface area contributed by atoms with Crippen LogP contribution in [0, 0.1) is 0 Å². The maximum Gasteiger partial charge on any atom is 0.490 e. The maximum atomic E-state index is 12.2. The molecule has 28 heavy (non-hydrogen) atoms. The molecule has 0 amide bonds. The number of hydrogen-bond donors (Lipinski definition) is 3. The minimum absolute atomic E-state index is 0.0226. The van der Waals surface area contributed by atoms with Crippen LogP contribution < -0.4 is 16.0 Å². The largest absolute Gasteiger partial charge is 0.497 e. The van der Waals surface area contributed by atoms with Gasteiger partial charge in [-0.3, -0.25) is 9.69 Å². The summed E-state index contributed by atoms with van der Waals surface area (Å²) in [5.74, 6) is -2.01. The van der Waals surface area contributed by atoms with Crippen LogP contribution in [-0.4, -0.2) is 53.4 Å². The van der Waals surface area contributed by atoms with E-state index < -0.39 is 12.1 Å². The van der Waals surface area contributed by atoms with Crippen LogP contribution in [0.15, 0.2) is 29.1 Å². The summed E-state index contributed by atoms with van der Waals surface area (Å²) in [5.41, 5.74) is 7.51. The molecule has 1 aliphatic rings. The highest BCUT2D eigenvalue weighted by Gasteiger charge is 2.38. The third kappa shape index (κ3) is 5.96. The van der Waals surface area contributed by atoms with Gasteiger partial charge < -0.3 is 20.6 Å². The molecule has 0 aliphatic carbocycles. The Morgan fingerprint density at radius 2 is 1.93 bits per heavy atom. The van der Waals surface area contributed by atoms with Crippen LogP contribution in [0.25, 0.3) is 10.9 Å². The van der Waals surface area contributed by atoms with E-state index in [-0.39, 0.29) is 5.56 Å². The summed E-state index contributed by atoms with van der Waals surface area (Å²) >= 11 is 0. The summed E-state index contributed by atoms with van der Waals surface area (Å²) in [4.78, 5) is 26.4. The Bertz CT molecular complexity index is 874. The first kappa shape index (κ1) is 21.7. The van der Waals surface area contributed by atoms with Crippen molar-refractivity contribution >= 4 is 16.9 Å². The van der Waals surface area contributed by atoms with Crippen LogP contribution in [0.2, 0.25) is 0 Å². The van der Waals surface area contributed by atoms with E-state index in [1.54, 1.807) is 7.11 Å². The van der Waals surface area contributed by atoms with Crippen molar-refractivity contribution in [2.75, 3.05) is 20.2 Å². The normalized spacial score (nSPS) is 15.8. The molecule has 0 bridgehead atoms. The summed E-state index contributed by atoms with van der Waals surface area (Å²) in [5, 5.41) is 8.15. The summed E-state index contributed by atoms with van der Waals surface area (Å²) < 4.78 is 36.9. The fourth-order valence-electron chi connectivity index (χ4n) is 2.82. The minimum Gasteiger partial charge on any atom is -0.497 e. The standard InChI is InChI=1S/C16H21N3O2.C2HF3O2/c1-21-14-3-2-11-8-12(16(20)18-15(11)9-14)10-19-6-4-13(17)5-7-19;3-2(4,5)1(6)7/h2-3,8-9,13H,4-7,10,17H2,1H3,(H,18,20);(H,6,7). The van der Waals surface area contributed by atoms with Crippen LogP contribution >= 0.6 is 0 Å². The van der Waals surface area contributed by atoms with Crippen LogP contribution in [0.1, 0.15) is 18.4 Å². The van der Waals surface area contributed by atoms with Crippen molar-refractivity contribution in [1.82, 2.24) is 9.88 Å². The number of ether oxygens (including phenoxy) is 1. The van der Waals surface area contributed by atoms with Crippen molar-refractivity contribution in [1.29, 1.82) is 0 Å². The van der Waals surface area contributed by atoms with Crippen molar-refractivity contribution in [2.45, 2.75) is 31.6 Å². The summed E-state index contributed by atoms with van der Waals surface area (Å²) in [6.07, 6.45) is -3.08. The number of carbonyl (C=O) groups is 1. The van der Waals surface area contributed by atoms with Crippen molar-refractivity contribution in [3.63, 3.8) is 0 Å². The number of rotatable bonds is 3. The Kier molecular flexibility index (Phi) is 7.03. The van der Waals surface area contributed by atoms with E-state index in [0.717, 1.165) is 48.1 Å². The van der Waals surface area contributed by atoms with E-state index in [1.807, 2.05) is 24.3 Å². The lowest BCUT2D eigenvalue weighted by atomic mass is 10.1. The number of piperidine rings is 1. The summed E-state index contributed by atoms with van der Waals surface area (Å²) in [6.45, 7) is 2.60. The Labute approximate surface area is 158 Å². The number of hydrogen-bond acceptors (Lipinski definition) is 5. The molecule has 4 N–H and O–H groups in total. The van der Waals surface area contributed by atoms with Crippen molar-refractivity contribution in [3.05, 3.63) is 40.2 Å². The van der Waals surface area contributed by atoms with E-state index in [2.05, 4.69) is 9.88 Å². The molecule has 7 nitrogen and oxygen atoms in total. The smallest absolute Gasteiger partial charge is 0.490 e. The SMILES string of the molecule is COc1ccc2cc(CN3CCC(N)CC3)c(=O)[nH]c2c1.O=C(O)C(F)(F)F. The van der Waals surface area contributed by atoms with Crippen LogP contribution in [0.3, 0.4) is 0 Å². The van der Waals surface area contributed by atoms with Gasteiger partial charge in [-0.25, -0.2) is 4.79 Å². The summed E-state index contributed by atoms with van der Waals surface area (Å²) in [7, 11) is 1.62. The average molecular weight is 401 g/mol. The second-order valence-electron chi connectivity index (χ2n) is 6.49. The quantitative estimate of drug-likeness (QED) is 0.727. The van der Waals surface area contributed by atoms with Crippen molar-refractivity contribution in [2.24, 2.45) is 5.73 Å². The van der Waals surface area contributed by atoms with Crippen LogP contribution in [-0.2, 0) is 11.3 Å². The second-order valence-corrected chi connectivity index (χ2v) is 6.49. The lowest BCUT2D eigenvalue weighted by molar-refractivity contribution is -0.192. The molecule has 0 radical (unpaired) electrons. The molecule has 2 heterocycles. The Morgan fingerprint density at radius 1 is 1.32 bits per heavy atom. The molecule has 1 fully saturated rings. The molecule has 3 rings (SSSR count). The Hall–Kier alpha value is -2.59. The molecule has 0 atom stereocenters. The summed E-state index contributed by atoms with van der Waals surface area (Å²) in [6, 6.07) is 8.01. The number of benzene rings is 1. The van der Waals surface area contributed by atoms with E-state index in [1.165, 1.54) is 0 Å². The van der Waals surface area contributed by atoms with Gasteiger partial charge in [-0.15, -0.1) is 0 Å². The van der Waals surface area contributed by atoms with E-state index >= 15 is 0 Å². The molecule has 1 aromatic heterocycles. The molecule has 0 saturated carbocycles. The highest BCUT2D eigenvalue weighted by molar-refractivity contribution is 5.80. The molecular formula is C18H22F3N3O4. The zero-order valence-electron chi connectivity index (χ0n) is 15.3. The molecule has 1 saturated heterocycles. The number of aromatic nitrogens is 1. The van der Waals surface area contributed by atoms with Gasteiger partial charge in [0.2, 0.25) is 0 Å². The predicted octanol–water partition coefficient (Wildman–Crippen LogP) is 2.09. The number of aliphatic carboxylic acids is 1. The molecule has 0 unspecified atom stereocenters. The highest BCUT2D eigenvalue weighted by atomic mass is 19.4. The maximum absolute atomic E-state index is 12.2. The fourth-order valence-corrected chi connectivity index (χ4v) is 2.82. The van der Waals surface area contributed by atoms with Gasteiger partial charge in [0, 0.05) is 24.2 Å². The second kappa shape index (κ2) is 9.07. The zero-order valence-corrected chi connectivity index (χ0v) is 15.3. The fraction of sp³-hybridized carbons (Fsp3) is 0.444. The number of aromatic amines is 1. The molecular weight excluding hydrogens is 379 g/mol. The number of H-pyrrole nitrogens is 1. The van der Waals surface area contributed by atoms with Gasteiger partial charge >= 0.3 is 12.1 Å². The van der Waals surface area contributed by atoms with Crippen LogP contribution in [0.4, 0.5) is 13.2 Å². The third-order valence-electron chi connectivity index (χ3n) is 4.40. The highest BCUT2D eigenvalue weighted by Crippen LogP contribution is 2.19. The molecule has 10 heteroatoms. The van der Waals surface area contributed by atoms with Gasteiger partial charge in [0.25, 0.3) is 5.56 Å². The first-order valence-corrected chi connectivity index (χ1v) is 8.58. The van der Waals surface area contributed by atoms with E-state index in [0.29, 0.717) is 12.6 Å². The number of carboxylic acids is 1. The minimum atomic E-state index is -5.08. The molecule has 0 spiro atoms. The lowest BCUT2D eigenvalue weighted by Crippen LogP contribution is -2.40. The van der Waals surface area contributed by atoms with Gasteiger partial charge in [0.1, 0.15) is 5.75 Å². The van der Waals surface area contributed by atoms with Crippen molar-refractivity contribution < 1.29 is 27.8 Å². The number of fused-ring (bicyclic) bond motifs is 1. The van der Waals surface area contributed by atoms with Gasteiger partial charge in [0.15, 0.2) is 0 Å². The first-order valence-electron chi connectivity index (χ1n) is 8.58. The average Bonchev–Trinajstić information content (AvgIpc) is 2.63. The Balaban J connectivity index is 0.000000345.